The molecule has 0 spiro atoms. The lowest BCUT2D eigenvalue weighted by atomic mass is 10.0. The van der Waals surface area contributed by atoms with Crippen LogP contribution in [-0.2, 0) is 6.54 Å². The molecule has 0 saturated heterocycles. The second kappa shape index (κ2) is 7.91. The van der Waals surface area contributed by atoms with Crippen LogP contribution in [-0.4, -0.2) is 13.1 Å². The van der Waals surface area contributed by atoms with Crippen LogP contribution in [0.5, 0.6) is 5.75 Å². The van der Waals surface area contributed by atoms with Gasteiger partial charge in [-0.1, -0.05) is 42.5 Å². The zero-order chi connectivity index (χ0) is 18.5. The molecule has 0 aliphatic carbocycles. The number of nitrogens with one attached hydrogen (secondary N) is 2. The molecule has 134 valence electrons. The molecule has 0 unspecified atom stereocenters. The largest absolute Gasteiger partial charge is 0.497 e. The molecule has 0 heterocycles. The highest BCUT2D eigenvalue weighted by Gasteiger charge is 2.11. The Morgan fingerprint density at radius 2 is 1.77 bits per heavy atom. The SMILES string of the molecule is COc1ccc2cc(CNC(=O)N[C@H](C)c3ccccc3C)ccc2c1. The summed E-state index contributed by atoms with van der Waals surface area (Å²) in [6.07, 6.45) is 0. The number of benzene rings is 3. The summed E-state index contributed by atoms with van der Waals surface area (Å²) in [6.45, 7) is 4.52. The summed E-state index contributed by atoms with van der Waals surface area (Å²) in [4.78, 5) is 12.2. The zero-order valence-electron chi connectivity index (χ0n) is 15.4. The number of methoxy groups -OCH3 is 1. The van der Waals surface area contributed by atoms with Crippen molar-refractivity contribution in [2.24, 2.45) is 0 Å². The monoisotopic (exact) mass is 348 g/mol. The standard InChI is InChI=1S/C22H24N2O2/c1-15-6-4-5-7-21(15)16(2)24-22(25)23-14-17-8-9-19-13-20(26-3)11-10-18(19)12-17/h4-13,16H,14H2,1-3H3,(H2,23,24,25)/t16-/m1/s1. The Morgan fingerprint density at radius 3 is 2.54 bits per heavy atom. The summed E-state index contributed by atoms with van der Waals surface area (Å²) < 4.78 is 5.25. The number of ether oxygens (including phenoxy) is 1. The molecule has 4 nitrogen and oxygen atoms in total. The van der Waals surface area contributed by atoms with E-state index in [1.54, 1.807) is 7.11 Å². The van der Waals surface area contributed by atoms with Crippen molar-refractivity contribution >= 4 is 16.8 Å². The fourth-order valence-corrected chi connectivity index (χ4v) is 3.09. The molecule has 0 bridgehead atoms. The van der Waals surface area contributed by atoms with Gasteiger partial charge >= 0.3 is 6.03 Å². The van der Waals surface area contributed by atoms with Crippen LogP contribution in [0.2, 0.25) is 0 Å². The average Bonchev–Trinajstić information content (AvgIpc) is 2.66. The molecule has 0 aromatic heterocycles. The number of hydrogen-bond acceptors (Lipinski definition) is 2. The molecule has 2 amide bonds. The minimum absolute atomic E-state index is 0.0414. The molecule has 3 rings (SSSR count). The van der Waals surface area contributed by atoms with Crippen molar-refractivity contribution in [2.45, 2.75) is 26.4 Å². The van der Waals surface area contributed by atoms with Crippen LogP contribution in [0.1, 0.15) is 29.7 Å². The predicted octanol–water partition coefficient (Wildman–Crippen LogP) is 4.72. The Balaban J connectivity index is 1.60. The number of amides is 2. The lowest BCUT2D eigenvalue weighted by molar-refractivity contribution is 0.237. The van der Waals surface area contributed by atoms with Crippen LogP contribution in [0.4, 0.5) is 4.79 Å². The van der Waals surface area contributed by atoms with E-state index in [2.05, 4.69) is 29.7 Å². The van der Waals surface area contributed by atoms with Crippen LogP contribution < -0.4 is 15.4 Å². The zero-order valence-corrected chi connectivity index (χ0v) is 15.4. The van der Waals surface area contributed by atoms with Gasteiger partial charge in [0.25, 0.3) is 0 Å². The topological polar surface area (TPSA) is 50.4 Å². The molecule has 1 atom stereocenters. The summed E-state index contributed by atoms with van der Waals surface area (Å²) in [5, 5.41) is 8.16. The Morgan fingerprint density at radius 1 is 1.04 bits per heavy atom. The van der Waals surface area contributed by atoms with Crippen LogP contribution in [0.15, 0.2) is 60.7 Å². The summed E-state index contributed by atoms with van der Waals surface area (Å²) in [5.41, 5.74) is 3.36. The molecule has 2 N–H and O–H groups in total. The Bertz CT molecular complexity index is 921. The van der Waals surface area contributed by atoms with E-state index >= 15 is 0 Å². The number of hydrogen-bond donors (Lipinski definition) is 2. The number of fused-ring (bicyclic) bond motifs is 1. The number of urea groups is 1. The van der Waals surface area contributed by atoms with E-state index in [4.69, 9.17) is 4.74 Å². The van der Waals surface area contributed by atoms with Crippen molar-refractivity contribution in [3.05, 3.63) is 77.4 Å². The maximum Gasteiger partial charge on any atom is 0.315 e. The summed E-state index contributed by atoms with van der Waals surface area (Å²) in [5.74, 6) is 0.841. The van der Waals surface area contributed by atoms with Gasteiger partial charge in [-0.2, -0.15) is 0 Å². The van der Waals surface area contributed by atoms with Gasteiger partial charge in [-0.3, -0.25) is 0 Å². The summed E-state index contributed by atoms with van der Waals surface area (Å²) >= 11 is 0. The second-order valence-electron chi connectivity index (χ2n) is 6.45. The third-order valence-corrected chi connectivity index (χ3v) is 4.57. The smallest absolute Gasteiger partial charge is 0.315 e. The van der Waals surface area contributed by atoms with Gasteiger partial charge in [0.1, 0.15) is 5.75 Å². The van der Waals surface area contributed by atoms with Crippen molar-refractivity contribution in [2.75, 3.05) is 7.11 Å². The fourth-order valence-electron chi connectivity index (χ4n) is 3.09. The molecule has 0 aliphatic rings. The van der Waals surface area contributed by atoms with Crippen LogP contribution in [0, 0.1) is 6.92 Å². The third-order valence-electron chi connectivity index (χ3n) is 4.57. The van der Waals surface area contributed by atoms with Crippen molar-refractivity contribution in [1.29, 1.82) is 0 Å². The molecule has 26 heavy (non-hydrogen) atoms. The lowest BCUT2D eigenvalue weighted by Crippen LogP contribution is -2.36. The van der Waals surface area contributed by atoms with Gasteiger partial charge in [-0.25, -0.2) is 4.79 Å². The van der Waals surface area contributed by atoms with Gasteiger partial charge < -0.3 is 15.4 Å². The van der Waals surface area contributed by atoms with E-state index in [-0.39, 0.29) is 12.1 Å². The molecule has 0 aliphatic heterocycles. The maximum atomic E-state index is 12.2. The van der Waals surface area contributed by atoms with E-state index in [9.17, 15) is 4.79 Å². The summed E-state index contributed by atoms with van der Waals surface area (Å²) in [7, 11) is 1.66. The number of carbonyl (C=O) groups excluding carboxylic acids is 1. The fraction of sp³-hybridized carbons (Fsp3) is 0.227. The molecule has 0 fully saturated rings. The first-order valence-corrected chi connectivity index (χ1v) is 8.73. The van der Waals surface area contributed by atoms with E-state index in [1.165, 1.54) is 5.56 Å². The normalized spacial score (nSPS) is 11.8. The van der Waals surface area contributed by atoms with Crippen molar-refractivity contribution in [3.63, 3.8) is 0 Å². The van der Waals surface area contributed by atoms with Gasteiger partial charge in [0.15, 0.2) is 0 Å². The van der Waals surface area contributed by atoms with Gasteiger partial charge in [-0.15, -0.1) is 0 Å². The molecular formula is C22H24N2O2. The first-order chi connectivity index (χ1) is 12.6. The molecule has 3 aromatic carbocycles. The third kappa shape index (κ3) is 4.14. The second-order valence-corrected chi connectivity index (χ2v) is 6.45. The van der Waals surface area contributed by atoms with Gasteiger partial charge in [0.05, 0.1) is 13.2 Å². The van der Waals surface area contributed by atoms with Crippen molar-refractivity contribution < 1.29 is 9.53 Å². The molecular weight excluding hydrogens is 324 g/mol. The summed E-state index contributed by atoms with van der Waals surface area (Å²) in [6, 6.07) is 20.0. The van der Waals surface area contributed by atoms with Crippen molar-refractivity contribution in [3.8, 4) is 5.75 Å². The van der Waals surface area contributed by atoms with E-state index in [1.807, 2.05) is 55.5 Å². The average molecular weight is 348 g/mol. The Hall–Kier alpha value is -3.01. The van der Waals surface area contributed by atoms with Crippen LogP contribution in [0.3, 0.4) is 0 Å². The van der Waals surface area contributed by atoms with Gasteiger partial charge in [-0.05, 0) is 59.5 Å². The minimum atomic E-state index is -0.171. The highest BCUT2D eigenvalue weighted by atomic mass is 16.5. The van der Waals surface area contributed by atoms with E-state index < -0.39 is 0 Å². The Kier molecular flexibility index (Phi) is 5.42. The Labute approximate surface area is 154 Å². The number of aryl methyl sites for hydroxylation is 1. The highest BCUT2D eigenvalue weighted by Crippen LogP contribution is 2.22. The van der Waals surface area contributed by atoms with E-state index in [0.717, 1.165) is 27.6 Å². The van der Waals surface area contributed by atoms with Gasteiger partial charge in [0, 0.05) is 6.54 Å². The molecule has 0 radical (unpaired) electrons. The van der Waals surface area contributed by atoms with Gasteiger partial charge in [0.2, 0.25) is 0 Å². The van der Waals surface area contributed by atoms with E-state index in [0.29, 0.717) is 6.54 Å². The first-order valence-electron chi connectivity index (χ1n) is 8.73. The van der Waals surface area contributed by atoms with Crippen molar-refractivity contribution in [1.82, 2.24) is 10.6 Å². The maximum absolute atomic E-state index is 12.2. The number of rotatable bonds is 5. The van der Waals surface area contributed by atoms with Crippen LogP contribution >= 0.6 is 0 Å². The first kappa shape index (κ1) is 17.8. The molecule has 3 aromatic rings. The van der Waals surface area contributed by atoms with Crippen LogP contribution in [0.25, 0.3) is 10.8 Å². The number of carbonyl (C=O) groups is 1. The quantitative estimate of drug-likeness (QED) is 0.701. The lowest BCUT2D eigenvalue weighted by Gasteiger charge is -2.17. The predicted molar refractivity (Wildman–Crippen MR) is 105 cm³/mol. The highest BCUT2D eigenvalue weighted by molar-refractivity contribution is 5.84. The minimum Gasteiger partial charge on any atom is -0.497 e. The molecule has 4 heteroatoms. The molecule has 0 saturated carbocycles.